The van der Waals surface area contributed by atoms with Crippen LogP contribution in [0.25, 0.3) is 0 Å². The molecule has 0 aromatic carbocycles. The van der Waals surface area contributed by atoms with Crippen LogP contribution in [0.5, 0.6) is 0 Å². The van der Waals surface area contributed by atoms with Gasteiger partial charge in [-0.2, -0.15) is 0 Å². The molecule has 1 aliphatic rings. The lowest BCUT2D eigenvalue weighted by Crippen LogP contribution is -2.20. The molecule has 0 aromatic rings. The van der Waals surface area contributed by atoms with Crippen LogP contribution in [0.15, 0.2) is 11.9 Å². The van der Waals surface area contributed by atoms with Crippen LogP contribution in [-0.2, 0) is 0 Å². The number of hydrogen-bond acceptors (Lipinski definition) is 0. The second kappa shape index (κ2) is 4.26. The lowest BCUT2D eigenvalue weighted by atomic mass is 9.75. The van der Waals surface area contributed by atoms with Crippen LogP contribution >= 0.6 is 0 Å². The minimum absolute atomic E-state index is 0.106. The molecule has 0 radical (unpaired) electrons. The molecule has 1 heteroatoms. The maximum Gasteiger partial charge on any atom is 0.0959 e. The summed E-state index contributed by atoms with van der Waals surface area (Å²) < 4.78 is 13.0. The summed E-state index contributed by atoms with van der Waals surface area (Å²) in [5, 5.41) is 0. The van der Waals surface area contributed by atoms with Gasteiger partial charge in [0.1, 0.15) is 0 Å². The first kappa shape index (κ1) is 10.7. The summed E-state index contributed by atoms with van der Waals surface area (Å²) >= 11 is 0. The highest BCUT2D eigenvalue weighted by Crippen LogP contribution is 2.35. The van der Waals surface area contributed by atoms with Crippen molar-refractivity contribution in [1.29, 1.82) is 0 Å². The summed E-state index contributed by atoms with van der Waals surface area (Å²) in [5.41, 5.74) is 0.328. The fourth-order valence-electron chi connectivity index (χ4n) is 1.96. The monoisotopic (exact) mass is 184 g/mol. The molecule has 1 aliphatic carbocycles. The van der Waals surface area contributed by atoms with Crippen molar-refractivity contribution in [1.82, 2.24) is 0 Å². The third kappa shape index (κ3) is 3.50. The standard InChI is InChI=1S/C12H21F/c1-12(2,3)10-6-4-5-7-11(13)9-8-10/h9-10H,4-8H2,1-3H3. The lowest BCUT2D eigenvalue weighted by Gasteiger charge is -2.30. The van der Waals surface area contributed by atoms with Crippen molar-refractivity contribution in [2.45, 2.75) is 52.9 Å². The Morgan fingerprint density at radius 3 is 2.62 bits per heavy atom. The van der Waals surface area contributed by atoms with Crippen molar-refractivity contribution in [2.75, 3.05) is 0 Å². The van der Waals surface area contributed by atoms with Crippen LogP contribution in [0.1, 0.15) is 52.9 Å². The first-order valence-corrected chi connectivity index (χ1v) is 5.34. The summed E-state index contributed by atoms with van der Waals surface area (Å²) in [5.74, 6) is 0.757. The van der Waals surface area contributed by atoms with E-state index >= 15 is 0 Å². The van der Waals surface area contributed by atoms with Gasteiger partial charge >= 0.3 is 0 Å². The normalized spacial score (nSPS) is 26.2. The molecule has 0 amide bonds. The van der Waals surface area contributed by atoms with Crippen LogP contribution in [-0.4, -0.2) is 0 Å². The molecule has 0 aromatic heterocycles. The predicted molar refractivity (Wildman–Crippen MR) is 55.2 cm³/mol. The van der Waals surface area contributed by atoms with Crippen LogP contribution in [0.4, 0.5) is 4.39 Å². The van der Waals surface area contributed by atoms with Crippen molar-refractivity contribution in [2.24, 2.45) is 11.3 Å². The van der Waals surface area contributed by atoms with Gasteiger partial charge in [-0.15, -0.1) is 0 Å². The van der Waals surface area contributed by atoms with Gasteiger partial charge in [-0.25, -0.2) is 4.39 Å². The molecule has 1 rings (SSSR count). The van der Waals surface area contributed by atoms with Crippen LogP contribution in [0, 0.1) is 11.3 Å². The van der Waals surface area contributed by atoms with E-state index in [0.717, 1.165) is 12.8 Å². The minimum Gasteiger partial charge on any atom is -0.212 e. The molecular formula is C12H21F. The largest absolute Gasteiger partial charge is 0.212 e. The molecule has 1 unspecified atom stereocenters. The first-order chi connectivity index (χ1) is 6.00. The van der Waals surface area contributed by atoms with Crippen molar-refractivity contribution in [3.8, 4) is 0 Å². The SMILES string of the molecule is CC(C)(C)C1CC=C(F)CCCC1. The zero-order valence-electron chi connectivity index (χ0n) is 9.07. The van der Waals surface area contributed by atoms with Crippen LogP contribution < -0.4 is 0 Å². The van der Waals surface area contributed by atoms with Gasteiger partial charge in [0.2, 0.25) is 0 Å². The average Bonchev–Trinajstić information content (AvgIpc) is 1.94. The van der Waals surface area contributed by atoms with Crippen molar-refractivity contribution in [3.05, 3.63) is 11.9 Å². The Hall–Kier alpha value is -0.330. The Morgan fingerprint density at radius 1 is 1.31 bits per heavy atom. The van der Waals surface area contributed by atoms with Crippen LogP contribution in [0.3, 0.4) is 0 Å². The third-order valence-electron chi connectivity index (χ3n) is 3.07. The Balaban J connectivity index is 2.60. The van der Waals surface area contributed by atoms with E-state index in [9.17, 15) is 4.39 Å². The van der Waals surface area contributed by atoms with Gasteiger partial charge in [0, 0.05) is 0 Å². The Morgan fingerprint density at radius 2 is 2.00 bits per heavy atom. The van der Waals surface area contributed by atoms with Gasteiger partial charge in [-0.1, -0.05) is 33.3 Å². The maximum atomic E-state index is 13.0. The second-order valence-corrected chi connectivity index (χ2v) is 5.20. The summed E-state index contributed by atoms with van der Waals surface area (Å²) in [6.07, 6.45) is 6.85. The highest BCUT2D eigenvalue weighted by molar-refractivity contribution is 4.96. The maximum absolute atomic E-state index is 13.0. The summed E-state index contributed by atoms with van der Waals surface area (Å²) in [6.45, 7) is 6.76. The van der Waals surface area contributed by atoms with Gasteiger partial charge in [0.25, 0.3) is 0 Å². The predicted octanol–water partition coefficient (Wildman–Crippen LogP) is 4.47. The van der Waals surface area contributed by atoms with Gasteiger partial charge < -0.3 is 0 Å². The van der Waals surface area contributed by atoms with E-state index in [-0.39, 0.29) is 5.83 Å². The zero-order valence-corrected chi connectivity index (χ0v) is 9.07. The van der Waals surface area contributed by atoms with E-state index in [2.05, 4.69) is 20.8 Å². The van der Waals surface area contributed by atoms with Gasteiger partial charge in [0.05, 0.1) is 5.83 Å². The quantitative estimate of drug-likeness (QED) is 0.521. The van der Waals surface area contributed by atoms with E-state index in [1.807, 2.05) is 0 Å². The molecule has 0 fully saturated rings. The number of allylic oxidation sites excluding steroid dienone is 2. The van der Waals surface area contributed by atoms with E-state index in [1.165, 1.54) is 12.8 Å². The molecule has 0 N–H and O–H groups in total. The highest BCUT2D eigenvalue weighted by atomic mass is 19.1. The molecule has 1 atom stereocenters. The topological polar surface area (TPSA) is 0 Å². The fraction of sp³-hybridized carbons (Fsp3) is 0.833. The van der Waals surface area contributed by atoms with Crippen molar-refractivity contribution in [3.63, 3.8) is 0 Å². The molecule has 76 valence electrons. The number of rotatable bonds is 0. The van der Waals surface area contributed by atoms with Gasteiger partial charge in [0.15, 0.2) is 0 Å². The van der Waals surface area contributed by atoms with E-state index in [4.69, 9.17) is 0 Å². The third-order valence-corrected chi connectivity index (χ3v) is 3.07. The molecule has 0 bridgehead atoms. The summed E-state index contributed by atoms with van der Waals surface area (Å²) in [6, 6.07) is 0. The lowest BCUT2D eigenvalue weighted by molar-refractivity contribution is 0.217. The first-order valence-electron chi connectivity index (χ1n) is 5.34. The Bertz CT molecular complexity index is 186. The minimum atomic E-state index is 0.106. The highest BCUT2D eigenvalue weighted by Gasteiger charge is 2.24. The number of halogens is 1. The molecular weight excluding hydrogens is 163 g/mol. The molecule has 0 aliphatic heterocycles. The summed E-state index contributed by atoms with van der Waals surface area (Å²) in [4.78, 5) is 0. The molecule has 13 heavy (non-hydrogen) atoms. The van der Waals surface area contributed by atoms with Crippen molar-refractivity contribution >= 4 is 0 Å². The molecule has 0 spiro atoms. The Kier molecular flexibility index (Phi) is 3.52. The molecule has 0 heterocycles. The zero-order chi connectivity index (χ0) is 9.90. The molecule has 0 saturated heterocycles. The van der Waals surface area contributed by atoms with E-state index in [0.29, 0.717) is 17.8 Å². The van der Waals surface area contributed by atoms with Gasteiger partial charge in [-0.3, -0.25) is 0 Å². The van der Waals surface area contributed by atoms with E-state index in [1.54, 1.807) is 6.08 Å². The van der Waals surface area contributed by atoms with Crippen LogP contribution in [0.2, 0.25) is 0 Å². The number of hydrogen-bond donors (Lipinski definition) is 0. The molecule has 0 nitrogen and oxygen atoms in total. The van der Waals surface area contributed by atoms with Gasteiger partial charge in [-0.05, 0) is 37.0 Å². The van der Waals surface area contributed by atoms with E-state index < -0.39 is 0 Å². The van der Waals surface area contributed by atoms with Crippen molar-refractivity contribution < 1.29 is 4.39 Å². The smallest absolute Gasteiger partial charge is 0.0959 e. The average molecular weight is 184 g/mol. The summed E-state index contributed by atoms with van der Waals surface area (Å²) in [7, 11) is 0. The molecule has 0 saturated carbocycles. The Labute approximate surface area is 81.2 Å². The second-order valence-electron chi connectivity index (χ2n) is 5.20. The fourth-order valence-corrected chi connectivity index (χ4v) is 1.96.